The van der Waals surface area contributed by atoms with Crippen molar-refractivity contribution in [3.8, 4) is 5.75 Å². The fourth-order valence-electron chi connectivity index (χ4n) is 2.74. The molecule has 3 nitrogen and oxygen atoms in total. The molecule has 1 saturated carbocycles. The number of carbonyl (C=O) groups is 1. The third kappa shape index (κ3) is 3.49. The van der Waals surface area contributed by atoms with E-state index in [0.717, 1.165) is 30.6 Å². The van der Waals surface area contributed by atoms with Gasteiger partial charge in [-0.05, 0) is 36.5 Å². The highest BCUT2D eigenvalue weighted by atomic mass is 16.5. The van der Waals surface area contributed by atoms with Crippen molar-refractivity contribution in [3.63, 3.8) is 0 Å². The molecule has 0 atom stereocenters. The summed E-state index contributed by atoms with van der Waals surface area (Å²) in [4.78, 5) is 12.0. The molecule has 1 aromatic carbocycles. The number of benzene rings is 1. The van der Waals surface area contributed by atoms with Gasteiger partial charge in [-0.25, -0.2) is 0 Å². The molecule has 0 bridgehead atoms. The molecule has 0 heterocycles. The van der Waals surface area contributed by atoms with Crippen molar-refractivity contribution in [2.75, 3.05) is 7.11 Å². The van der Waals surface area contributed by atoms with Crippen molar-refractivity contribution in [1.29, 1.82) is 0 Å². The number of nitrogens with one attached hydrogen (secondary N) is 1. The molecule has 0 spiro atoms. The second-order valence-electron chi connectivity index (χ2n) is 5.20. The van der Waals surface area contributed by atoms with Crippen LogP contribution in [0.5, 0.6) is 5.75 Å². The first-order valence-corrected chi connectivity index (χ1v) is 7.18. The Kier molecular flexibility index (Phi) is 4.83. The van der Waals surface area contributed by atoms with Crippen LogP contribution in [-0.2, 0) is 17.8 Å². The van der Waals surface area contributed by atoms with Gasteiger partial charge in [0.15, 0.2) is 0 Å². The van der Waals surface area contributed by atoms with Crippen molar-refractivity contribution in [2.24, 2.45) is 5.92 Å². The highest BCUT2D eigenvalue weighted by Crippen LogP contribution is 2.25. The van der Waals surface area contributed by atoms with E-state index in [1.54, 1.807) is 7.11 Å². The third-order valence-corrected chi connectivity index (χ3v) is 3.92. The quantitative estimate of drug-likeness (QED) is 0.884. The number of aryl methyl sites for hydroxylation is 1. The number of hydrogen-bond donors (Lipinski definition) is 1. The van der Waals surface area contributed by atoms with Crippen LogP contribution < -0.4 is 10.1 Å². The summed E-state index contributed by atoms with van der Waals surface area (Å²) in [7, 11) is 1.69. The van der Waals surface area contributed by atoms with Gasteiger partial charge in [0.25, 0.3) is 0 Å². The Hall–Kier alpha value is -1.51. The van der Waals surface area contributed by atoms with Crippen LogP contribution in [0.2, 0.25) is 0 Å². The van der Waals surface area contributed by atoms with Crippen LogP contribution in [0.3, 0.4) is 0 Å². The molecule has 1 N–H and O–H groups in total. The average Bonchev–Trinajstić information content (AvgIpc) is 2.98. The van der Waals surface area contributed by atoms with Crippen LogP contribution in [-0.4, -0.2) is 13.0 Å². The fraction of sp³-hybridized carbons (Fsp3) is 0.562. The zero-order valence-electron chi connectivity index (χ0n) is 11.9. The second kappa shape index (κ2) is 6.60. The average molecular weight is 261 g/mol. The predicted octanol–water partition coefficient (Wildman–Crippen LogP) is 3.06. The summed E-state index contributed by atoms with van der Waals surface area (Å²) in [5.41, 5.74) is 2.33. The Morgan fingerprint density at radius 2 is 2.11 bits per heavy atom. The first-order chi connectivity index (χ1) is 9.24. The summed E-state index contributed by atoms with van der Waals surface area (Å²) >= 11 is 0. The number of ether oxygens (including phenoxy) is 1. The van der Waals surface area contributed by atoms with Crippen LogP contribution >= 0.6 is 0 Å². The zero-order chi connectivity index (χ0) is 13.7. The summed E-state index contributed by atoms with van der Waals surface area (Å²) in [5.74, 6) is 1.38. The number of hydrogen-bond acceptors (Lipinski definition) is 2. The van der Waals surface area contributed by atoms with E-state index in [1.807, 2.05) is 12.1 Å². The number of carbonyl (C=O) groups excluding carboxylic acids is 1. The van der Waals surface area contributed by atoms with Crippen molar-refractivity contribution in [1.82, 2.24) is 5.32 Å². The molecular formula is C16H23NO2. The molecule has 0 aliphatic heterocycles. The highest BCUT2D eigenvalue weighted by Gasteiger charge is 2.22. The van der Waals surface area contributed by atoms with Gasteiger partial charge < -0.3 is 10.1 Å². The fourth-order valence-corrected chi connectivity index (χ4v) is 2.74. The maximum absolute atomic E-state index is 12.0. The lowest BCUT2D eigenvalue weighted by Gasteiger charge is -2.12. The summed E-state index contributed by atoms with van der Waals surface area (Å²) in [6.07, 6.45) is 5.43. The van der Waals surface area contributed by atoms with Crippen molar-refractivity contribution < 1.29 is 9.53 Å². The van der Waals surface area contributed by atoms with Gasteiger partial charge in [-0.15, -0.1) is 0 Å². The number of amides is 1. The normalized spacial score (nSPS) is 15.5. The lowest BCUT2D eigenvalue weighted by molar-refractivity contribution is -0.124. The van der Waals surface area contributed by atoms with Crippen LogP contribution in [0.1, 0.15) is 43.7 Å². The van der Waals surface area contributed by atoms with Crippen molar-refractivity contribution in [3.05, 3.63) is 29.3 Å². The van der Waals surface area contributed by atoms with Crippen molar-refractivity contribution in [2.45, 2.75) is 45.6 Å². The molecule has 0 aromatic heterocycles. The molecule has 1 fully saturated rings. The Labute approximate surface area is 115 Å². The molecule has 2 rings (SSSR count). The van der Waals surface area contributed by atoms with Gasteiger partial charge in [-0.1, -0.05) is 31.9 Å². The molecular weight excluding hydrogens is 238 g/mol. The lowest BCUT2D eigenvalue weighted by atomic mass is 10.1. The Morgan fingerprint density at radius 3 is 2.74 bits per heavy atom. The van der Waals surface area contributed by atoms with E-state index in [-0.39, 0.29) is 11.8 Å². The smallest absolute Gasteiger partial charge is 0.223 e. The minimum Gasteiger partial charge on any atom is -0.496 e. The Morgan fingerprint density at radius 1 is 1.37 bits per heavy atom. The van der Waals surface area contributed by atoms with Crippen LogP contribution in [0.15, 0.2) is 18.2 Å². The second-order valence-corrected chi connectivity index (χ2v) is 5.20. The van der Waals surface area contributed by atoms with E-state index < -0.39 is 0 Å². The van der Waals surface area contributed by atoms with Crippen LogP contribution in [0.25, 0.3) is 0 Å². The molecule has 0 saturated heterocycles. The van der Waals surface area contributed by atoms with Gasteiger partial charge in [0.05, 0.1) is 7.11 Å². The maximum atomic E-state index is 12.0. The Balaban J connectivity index is 1.93. The van der Waals surface area contributed by atoms with E-state index in [4.69, 9.17) is 4.74 Å². The monoisotopic (exact) mass is 261 g/mol. The van der Waals surface area contributed by atoms with Crippen LogP contribution in [0.4, 0.5) is 0 Å². The predicted molar refractivity (Wildman–Crippen MR) is 76.2 cm³/mol. The van der Waals surface area contributed by atoms with Gasteiger partial charge >= 0.3 is 0 Å². The molecule has 1 aliphatic rings. The first-order valence-electron chi connectivity index (χ1n) is 7.18. The molecule has 1 amide bonds. The minimum atomic E-state index is 0.214. The minimum absolute atomic E-state index is 0.214. The van der Waals surface area contributed by atoms with Gasteiger partial charge in [0, 0.05) is 12.5 Å². The van der Waals surface area contributed by atoms with E-state index in [1.165, 1.54) is 18.4 Å². The van der Waals surface area contributed by atoms with Crippen LogP contribution in [0, 0.1) is 5.92 Å². The number of rotatable bonds is 5. The standard InChI is InChI=1S/C16H23NO2/c1-3-13-10-12(8-9-15(13)19-2)11-17-16(18)14-6-4-5-7-14/h8-10,14H,3-7,11H2,1-2H3,(H,17,18). The molecule has 3 heteroatoms. The molecule has 1 aliphatic carbocycles. The first kappa shape index (κ1) is 13.9. The zero-order valence-corrected chi connectivity index (χ0v) is 11.9. The molecule has 0 unspecified atom stereocenters. The maximum Gasteiger partial charge on any atom is 0.223 e. The van der Waals surface area contributed by atoms with E-state index >= 15 is 0 Å². The summed E-state index contributed by atoms with van der Waals surface area (Å²) in [6.45, 7) is 2.73. The SMILES string of the molecule is CCc1cc(CNC(=O)C2CCCC2)ccc1OC. The topological polar surface area (TPSA) is 38.3 Å². The van der Waals surface area contributed by atoms with Gasteiger partial charge in [0.2, 0.25) is 5.91 Å². The third-order valence-electron chi connectivity index (χ3n) is 3.92. The Bertz CT molecular complexity index is 436. The summed E-state index contributed by atoms with van der Waals surface area (Å²) in [5, 5.41) is 3.05. The lowest BCUT2D eigenvalue weighted by Crippen LogP contribution is -2.28. The number of methoxy groups -OCH3 is 1. The highest BCUT2D eigenvalue weighted by molar-refractivity contribution is 5.78. The van der Waals surface area contributed by atoms with Crippen molar-refractivity contribution >= 4 is 5.91 Å². The van der Waals surface area contributed by atoms with Gasteiger partial charge in [-0.2, -0.15) is 0 Å². The molecule has 0 radical (unpaired) electrons. The molecule has 1 aromatic rings. The molecule has 104 valence electrons. The van der Waals surface area contributed by atoms with E-state index in [9.17, 15) is 4.79 Å². The van der Waals surface area contributed by atoms with E-state index in [0.29, 0.717) is 6.54 Å². The van der Waals surface area contributed by atoms with Gasteiger partial charge in [0.1, 0.15) is 5.75 Å². The largest absolute Gasteiger partial charge is 0.496 e. The molecule has 19 heavy (non-hydrogen) atoms. The van der Waals surface area contributed by atoms with E-state index in [2.05, 4.69) is 18.3 Å². The van der Waals surface area contributed by atoms with Gasteiger partial charge in [-0.3, -0.25) is 4.79 Å². The summed E-state index contributed by atoms with van der Waals surface area (Å²) < 4.78 is 5.31. The summed E-state index contributed by atoms with van der Waals surface area (Å²) in [6, 6.07) is 6.12.